The number of hydrogen-bond acceptors (Lipinski definition) is 2. The standard InChI is InChI=1S/C13H27NO2Si/c1-11-7-8-14(12(11)15)9-10-16-17(5,6)13(2,3)4/h11H,7-10H2,1-6H3/t11-/m0/s1. The molecule has 1 atom stereocenters. The summed E-state index contributed by atoms with van der Waals surface area (Å²) < 4.78 is 6.08. The highest BCUT2D eigenvalue weighted by atomic mass is 28.4. The van der Waals surface area contributed by atoms with Crippen molar-refractivity contribution in [3.8, 4) is 0 Å². The van der Waals surface area contributed by atoms with Crippen LogP contribution in [0.25, 0.3) is 0 Å². The molecule has 0 aromatic rings. The van der Waals surface area contributed by atoms with E-state index in [1.165, 1.54) is 0 Å². The Bertz CT molecular complexity index is 284. The topological polar surface area (TPSA) is 29.5 Å². The van der Waals surface area contributed by atoms with Crippen molar-refractivity contribution in [1.82, 2.24) is 4.90 Å². The van der Waals surface area contributed by atoms with Crippen LogP contribution < -0.4 is 0 Å². The van der Waals surface area contributed by atoms with E-state index < -0.39 is 8.32 Å². The van der Waals surface area contributed by atoms with Gasteiger partial charge in [-0.3, -0.25) is 4.79 Å². The van der Waals surface area contributed by atoms with Crippen molar-refractivity contribution in [2.24, 2.45) is 5.92 Å². The van der Waals surface area contributed by atoms with E-state index in [2.05, 4.69) is 33.9 Å². The minimum Gasteiger partial charge on any atom is -0.415 e. The van der Waals surface area contributed by atoms with Crippen LogP contribution in [-0.2, 0) is 9.22 Å². The van der Waals surface area contributed by atoms with Crippen LogP contribution in [-0.4, -0.2) is 38.8 Å². The summed E-state index contributed by atoms with van der Waals surface area (Å²) in [5.41, 5.74) is 0. The lowest BCUT2D eigenvalue weighted by Crippen LogP contribution is -2.43. The molecule has 0 N–H and O–H groups in total. The number of nitrogens with zero attached hydrogens (tertiary/aromatic N) is 1. The van der Waals surface area contributed by atoms with Gasteiger partial charge in [0.15, 0.2) is 8.32 Å². The van der Waals surface area contributed by atoms with Gasteiger partial charge in [-0.05, 0) is 24.6 Å². The van der Waals surface area contributed by atoms with Crippen LogP contribution in [0.4, 0.5) is 0 Å². The molecular formula is C13H27NO2Si. The molecule has 1 aliphatic heterocycles. The summed E-state index contributed by atoms with van der Waals surface area (Å²) in [5, 5.41) is 0.245. The van der Waals surface area contributed by atoms with Gasteiger partial charge in [-0.2, -0.15) is 0 Å². The number of carbonyl (C=O) groups is 1. The normalized spacial score (nSPS) is 22.4. The Morgan fingerprint density at radius 1 is 1.41 bits per heavy atom. The van der Waals surface area contributed by atoms with Crippen molar-refractivity contribution < 1.29 is 9.22 Å². The van der Waals surface area contributed by atoms with E-state index in [9.17, 15) is 4.79 Å². The molecule has 0 aromatic heterocycles. The molecule has 0 aromatic carbocycles. The molecule has 1 amide bonds. The molecule has 1 heterocycles. The lowest BCUT2D eigenvalue weighted by Gasteiger charge is -2.36. The third-order valence-electron chi connectivity index (χ3n) is 4.20. The van der Waals surface area contributed by atoms with Gasteiger partial charge in [0.25, 0.3) is 0 Å². The van der Waals surface area contributed by atoms with Crippen LogP contribution in [0.3, 0.4) is 0 Å². The van der Waals surface area contributed by atoms with Gasteiger partial charge in [-0.25, -0.2) is 0 Å². The second-order valence-electron chi connectivity index (χ2n) is 6.62. The molecule has 0 aliphatic carbocycles. The van der Waals surface area contributed by atoms with Gasteiger partial charge in [0.05, 0.1) is 6.61 Å². The fourth-order valence-electron chi connectivity index (χ4n) is 1.74. The molecule has 0 bridgehead atoms. The number of likely N-dealkylation sites (tertiary alicyclic amines) is 1. The number of carbonyl (C=O) groups excluding carboxylic acids is 1. The number of hydrogen-bond donors (Lipinski definition) is 0. The third kappa shape index (κ3) is 3.55. The van der Waals surface area contributed by atoms with Gasteiger partial charge in [0.1, 0.15) is 0 Å². The van der Waals surface area contributed by atoms with Crippen molar-refractivity contribution >= 4 is 14.2 Å². The van der Waals surface area contributed by atoms with Gasteiger partial charge in [-0.1, -0.05) is 27.7 Å². The van der Waals surface area contributed by atoms with E-state index in [4.69, 9.17) is 4.43 Å². The van der Waals surface area contributed by atoms with E-state index >= 15 is 0 Å². The summed E-state index contributed by atoms with van der Waals surface area (Å²) in [6.45, 7) is 15.6. The fraction of sp³-hybridized carbons (Fsp3) is 0.923. The number of amides is 1. The second-order valence-corrected chi connectivity index (χ2v) is 11.4. The first-order chi connectivity index (χ1) is 7.65. The lowest BCUT2D eigenvalue weighted by molar-refractivity contribution is -0.130. The summed E-state index contributed by atoms with van der Waals surface area (Å²) >= 11 is 0. The van der Waals surface area contributed by atoms with Crippen LogP contribution in [0.1, 0.15) is 34.1 Å². The molecular weight excluding hydrogens is 230 g/mol. The quantitative estimate of drug-likeness (QED) is 0.725. The molecule has 0 spiro atoms. The fourth-order valence-corrected chi connectivity index (χ4v) is 2.78. The monoisotopic (exact) mass is 257 g/mol. The van der Waals surface area contributed by atoms with Crippen molar-refractivity contribution in [2.45, 2.75) is 52.2 Å². The maximum absolute atomic E-state index is 11.7. The highest BCUT2D eigenvalue weighted by molar-refractivity contribution is 6.74. The number of rotatable bonds is 4. The van der Waals surface area contributed by atoms with Crippen LogP contribution >= 0.6 is 0 Å². The molecule has 1 rings (SSSR count). The SMILES string of the molecule is C[C@H]1CCN(CCO[Si](C)(C)C(C)(C)C)C1=O. The van der Waals surface area contributed by atoms with Gasteiger partial charge in [0.2, 0.25) is 5.91 Å². The summed E-state index contributed by atoms with van der Waals surface area (Å²) in [6.07, 6.45) is 0.999. The Hall–Kier alpha value is -0.353. The minimum absolute atomic E-state index is 0.211. The van der Waals surface area contributed by atoms with Crippen LogP contribution in [0.2, 0.25) is 18.1 Å². The van der Waals surface area contributed by atoms with Crippen LogP contribution in [0.5, 0.6) is 0 Å². The summed E-state index contributed by atoms with van der Waals surface area (Å²) in [6, 6.07) is 0. The van der Waals surface area contributed by atoms with Gasteiger partial charge < -0.3 is 9.33 Å². The Kier molecular flexibility index (Phi) is 4.41. The first kappa shape index (κ1) is 14.7. The molecule has 4 heteroatoms. The van der Waals surface area contributed by atoms with Gasteiger partial charge >= 0.3 is 0 Å². The van der Waals surface area contributed by atoms with E-state index in [1.54, 1.807) is 0 Å². The smallest absolute Gasteiger partial charge is 0.225 e. The third-order valence-corrected chi connectivity index (χ3v) is 8.73. The maximum atomic E-state index is 11.7. The maximum Gasteiger partial charge on any atom is 0.225 e. The van der Waals surface area contributed by atoms with Crippen molar-refractivity contribution in [3.63, 3.8) is 0 Å². The molecule has 17 heavy (non-hydrogen) atoms. The van der Waals surface area contributed by atoms with Crippen molar-refractivity contribution in [1.29, 1.82) is 0 Å². The Morgan fingerprint density at radius 3 is 2.41 bits per heavy atom. The average Bonchev–Trinajstić information content (AvgIpc) is 2.47. The van der Waals surface area contributed by atoms with Crippen LogP contribution in [0.15, 0.2) is 0 Å². The highest BCUT2D eigenvalue weighted by Crippen LogP contribution is 2.36. The average molecular weight is 257 g/mol. The van der Waals surface area contributed by atoms with E-state index in [1.807, 2.05) is 11.8 Å². The molecule has 0 saturated carbocycles. The van der Waals surface area contributed by atoms with E-state index in [0.717, 1.165) is 19.5 Å². The molecule has 1 saturated heterocycles. The highest BCUT2D eigenvalue weighted by Gasteiger charge is 2.37. The molecule has 0 unspecified atom stereocenters. The molecule has 0 radical (unpaired) electrons. The first-order valence-corrected chi connectivity index (χ1v) is 9.49. The molecule has 1 aliphatic rings. The predicted molar refractivity (Wildman–Crippen MR) is 73.5 cm³/mol. The molecule has 3 nitrogen and oxygen atoms in total. The zero-order valence-corrected chi connectivity index (χ0v) is 13.2. The van der Waals surface area contributed by atoms with Crippen molar-refractivity contribution in [3.05, 3.63) is 0 Å². The first-order valence-electron chi connectivity index (χ1n) is 6.58. The second kappa shape index (κ2) is 5.10. The molecule has 1 fully saturated rings. The van der Waals surface area contributed by atoms with Crippen molar-refractivity contribution in [2.75, 3.05) is 19.7 Å². The zero-order valence-electron chi connectivity index (χ0n) is 12.2. The summed E-state index contributed by atoms with van der Waals surface area (Å²) in [4.78, 5) is 13.7. The molecule has 100 valence electrons. The van der Waals surface area contributed by atoms with E-state index in [0.29, 0.717) is 12.5 Å². The summed E-state index contributed by atoms with van der Waals surface area (Å²) in [5.74, 6) is 0.506. The zero-order chi connectivity index (χ0) is 13.3. The Labute approximate surface area is 107 Å². The minimum atomic E-state index is -1.65. The Balaban J connectivity index is 2.36. The van der Waals surface area contributed by atoms with Gasteiger partial charge in [-0.15, -0.1) is 0 Å². The van der Waals surface area contributed by atoms with Gasteiger partial charge in [0, 0.05) is 19.0 Å². The van der Waals surface area contributed by atoms with E-state index in [-0.39, 0.29) is 11.0 Å². The predicted octanol–water partition coefficient (Wildman–Crippen LogP) is 2.88. The van der Waals surface area contributed by atoms with Crippen LogP contribution in [0, 0.1) is 5.92 Å². The largest absolute Gasteiger partial charge is 0.415 e. The summed E-state index contributed by atoms with van der Waals surface area (Å²) in [7, 11) is -1.65. The Morgan fingerprint density at radius 2 is 2.00 bits per heavy atom. The lowest BCUT2D eigenvalue weighted by atomic mass is 10.1.